The molecule has 6 unspecified atom stereocenters. The third kappa shape index (κ3) is 11.4. The molecule has 3 heterocycles. The number of amides is 2. The summed E-state index contributed by atoms with van der Waals surface area (Å²) in [5, 5.41) is 36.1. The van der Waals surface area contributed by atoms with Crippen LogP contribution in [-0.4, -0.2) is 134 Å². The second-order valence-electron chi connectivity index (χ2n) is 17.1. The minimum Gasteiger partial charge on any atom is -0.481 e. The summed E-state index contributed by atoms with van der Waals surface area (Å²) in [6.07, 6.45) is -4.58. The second kappa shape index (κ2) is 19.7. The van der Waals surface area contributed by atoms with E-state index in [-0.39, 0.29) is 53.6 Å². The van der Waals surface area contributed by atoms with Crippen LogP contribution in [0.5, 0.6) is 0 Å². The van der Waals surface area contributed by atoms with E-state index in [1.165, 1.54) is 13.8 Å². The first kappa shape index (κ1) is 52.0. The van der Waals surface area contributed by atoms with Gasteiger partial charge < -0.3 is 56.0 Å². The summed E-state index contributed by atoms with van der Waals surface area (Å²) in [5.74, 6) is -3.38. The number of anilines is 1. The van der Waals surface area contributed by atoms with Crippen molar-refractivity contribution in [3.8, 4) is 0 Å². The van der Waals surface area contributed by atoms with E-state index in [0.717, 1.165) is 41.8 Å². The van der Waals surface area contributed by atoms with Crippen molar-refractivity contribution in [3.63, 3.8) is 0 Å². The van der Waals surface area contributed by atoms with E-state index in [0.29, 0.717) is 12.3 Å². The summed E-state index contributed by atoms with van der Waals surface area (Å²) in [5.41, 5.74) is 3.27. The predicted molar refractivity (Wildman–Crippen MR) is 221 cm³/mol. The molecule has 4 aliphatic rings. The Hall–Kier alpha value is -2.97. The van der Waals surface area contributed by atoms with Crippen LogP contribution in [0.2, 0.25) is 0 Å². The Morgan fingerprint density at radius 1 is 1.05 bits per heavy atom. The van der Waals surface area contributed by atoms with Gasteiger partial charge in [-0.2, -0.15) is 4.31 Å². The quantitative estimate of drug-likeness (QED) is 0.0443. The molecule has 64 heavy (non-hydrogen) atoms. The van der Waals surface area contributed by atoms with E-state index >= 15 is 0 Å². The van der Waals surface area contributed by atoms with Crippen molar-refractivity contribution in [2.24, 2.45) is 34.0 Å². The Labute approximate surface area is 370 Å². The zero-order valence-electron chi connectivity index (χ0n) is 35.3. The molecule has 6 rings (SSSR count). The number of hydrogen-bond acceptors (Lipinski definition) is 19. The second-order valence-corrected chi connectivity index (χ2v) is 22.5. The summed E-state index contributed by atoms with van der Waals surface area (Å²) in [6.45, 7) is 6.23. The van der Waals surface area contributed by atoms with Gasteiger partial charge in [-0.05, 0) is 41.9 Å². The lowest BCUT2D eigenvalue weighted by atomic mass is 9.34. The molecular formula is C34H54N7O19P3S. The number of nitrogen functional groups attached to an aromatic ring is 1. The summed E-state index contributed by atoms with van der Waals surface area (Å²) < 4.78 is 62.4. The number of aromatic nitrogens is 4. The maximum absolute atomic E-state index is 13.2. The van der Waals surface area contributed by atoms with Crippen LogP contribution in [0.1, 0.15) is 66.5 Å². The number of carbonyl (C=O) groups is 4. The number of aliphatic carboxylic acids is 1. The predicted octanol–water partition coefficient (Wildman–Crippen LogP) is 0.828. The molecule has 30 heteroatoms. The number of ether oxygens (including phenoxy) is 1. The van der Waals surface area contributed by atoms with Gasteiger partial charge in [0, 0.05) is 30.7 Å². The van der Waals surface area contributed by atoms with Crippen molar-refractivity contribution in [2.45, 2.75) is 90.9 Å². The molecule has 2 bridgehead atoms. The van der Waals surface area contributed by atoms with Gasteiger partial charge in [-0.25, -0.2) is 28.6 Å². The van der Waals surface area contributed by atoms with Gasteiger partial charge in [0.1, 0.15) is 42.2 Å². The van der Waals surface area contributed by atoms with E-state index in [1.807, 2.05) is 20.8 Å². The van der Waals surface area contributed by atoms with E-state index in [1.54, 1.807) is 0 Å². The summed E-state index contributed by atoms with van der Waals surface area (Å²) in [6, 6.07) is 0. The first-order valence-corrected chi connectivity index (χ1v) is 25.3. The molecule has 0 aromatic carbocycles. The Morgan fingerprint density at radius 2 is 1.72 bits per heavy atom. The highest BCUT2D eigenvalue weighted by molar-refractivity contribution is 8.13. The van der Waals surface area contributed by atoms with Crippen LogP contribution in [0, 0.1) is 34.0 Å². The van der Waals surface area contributed by atoms with E-state index in [9.17, 15) is 67.8 Å². The van der Waals surface area contributed by atoms with E-state index < -0.39 is 107 Å². The van der Waals surface area contributed by atoms with Crippen molar-refractivity contribution in [2.75, 3.05) is 37.8 Å². The third-order valence-electron chi connectivity index (χ3n) is 12.4. The minimum atomic E-state index is -5.60. The molecule has 1 saturated heterocycles. The highest BCUT2D eigenvalue weighted by atomic mass is 32.2. The number of phosphoric ester groups is 3. The van der Waals surface area contributed by atoms with Crippen molar-refractivity contribution < 1.29 is 90.4 Å². The summed E-state index contributed by atoms with van der Waals surface area (Å²) in [4.78, 5) is 102. The number of phosphoric acid groups is 3. The highest BCUT2D eigenvalue weighted by Crippen LogP contribution is 2.73. The molecule has 4 fully saturated rings. The standard InChI is InChI=1S/C34H54N7O19P3S/c1-17-6-7-18-12-34(17,33(18,4)5)21(30(46)47)31(48)64-11-10-36-20(42)8-9-37-28(45)25(44)32(2,3)14-57-63(54,55)60-62(52,53)56-13-19-24(59-61(49,50)51)23(43)29(58-19)41-16-40-22-26(35)38-15-39-27(22)41/h15-19,21,23-25,29,43-44H,6-14H2,1-5H3,(H,36,42)(H,37,45)(H,46,47)(H,52,53)(H,54,55)(H2,35,38,39)(H2,49,50,51)/t17?,18?,19-,21?,23-,24-,25+,29-,34?/m1/s1. The van der Waals surface area contributed by atoms with E-state index in [4.69, 9.17) is 19.5 Å². The molecule has 11 atom stereocenters. The molecule has 2 aromatic rings. The lowest BCUT2D eigenvalue weighted by Crippen LogP contribution is -2.67. The number of carbonyl (C=O) groups excluding carboxylic acids is 3. The van der Waals surface area contributed by atoms with Crippen LogP contribution in [-0.2, 0) is 55.5 Å². The Balaban J connectivity index is 1.04. The smallest absolute Gasteiger partial charge is 0.481 e. The van der Waals surface area contributed by atoms with Gasteiger partial charge in [0.05, 0.1) is 19.5 Å². The van der Waals surface area contributed by atoms with Crippen LogP contribution in [0.15, 0.2) is 12.7 Å². The molecule has 2 aromatic heterocycles. The molecule has 11 N–H and O–H groups in total. The van der Waals surface area contributed by atoms with Gasteiger partial charge in [-0.15, -0.1) is 0 Å². The fourth-order valence-corrected chi connectivity index (χ4v) is 12.6. The minimum absolute atomic E-state index is 0.0202. The Bertz CT molecular complexity index is 2230. The highest BCUT2D eigenvalue weighted by Gasteiger charge is 2.70. The van der Waals surface area contributed by atoms with Gasteiger partial charge in [0.2, 0.25) is 16.9 Å². The maximum Gasteiger partial charge on any atom is 0.481 e. The first-order chi connectivity index (χ1) is 29.5. The summed E-state index contributed by atoms with van der Waals surface area (Å²) >= 11 is 0.845. The van der Waals surface area contributed by atoms with Crippen molar-refractivity contribution in [3.05, 3.63) is 12.7 Å². The molecule has 360 valence electrons. The van der Waals surface area contributed by atoms with E-state index in [2.05, 4.69) is 34.4 Å². The fraction of sp³-hybridized carbons (Fsp3) is 0.735. The van der Waals surface area contributed by atoms with Crippen molar-refractivity contribution in [1.82, 2.24) is 30.2 Å². The maximum atomic E-state index is 13.2. The number of carboxylic acids is 1. The number of fused-ring (bicyclic) bond motifs is 3. The number of aliphatic hydroxyl groups excluding tert-OH is 2. The van der Waals surface area contributed by atoms with Gasteiger partial charge in [0.25, 0.3) is 0 Å². The Morgan fingerprint density at radius 3 is 2.34 bits per heavy atom. The molecular weight excluding hydrogens is 935 g/mol. The first-order valence-electron chi connectivity index (χ1n) is 19.8. The molecule has 1 aliphatic heterocycles. The number of aliphatic hydroxyl groups is 2. The monoisotopic (exact) mass is 989 g/mol. The molecule has 3 saturated carbocycles. The number of imidazole rings is 1. The number of nitrogens with two attached hydrogens (primary N) is 1. The number of nitrogens with one attached hydrogen (secondary N) is 2. The number of thioether (sulfide) groups is 1. The van der Waals surface area contributed by atoms with Gasteiger partial charge in [-0.1, -0.05) is 46.4 Å². The SMILES string of the molecule is CC1CCC2CC1(C(C(=O)O)C(=O)SCCNC(=O)CCNC(=O)[C@H](O)C(C)(C)COP(=O)(O)OP(=O)(O)OC[C@H]1O[C@@H](n3cnc4c(N)ncnc43)[C@H](O)[C@@H]1OP(=O)(O)O)C2(C)C. The largest absolute Gasteiger partial charge is 0.481 e. The fourth-order valence-electron chi connectivity index (χ4n) is 8.85. The number of hydrogen-bond donors (Lipinski definition) is 10. The Kier molecular flexibility index (Phi) is 16.0. The molecule has 26 nitrogen and oxygen atoms in total. The zero-order chi connectivity index (χ0) is 47.8. The number of rotatable bonds is 22. The molecule has 0 radical (unpaired) electrons. The van der Waals surface area contributed by atoms with Crippen LogP contribution in [0.4, 0.5) is 5.82 Å². The van der Waals surface area contributed by atoms with Gasteiger partial charge in [-0.3, -0.25) is 37.3 Å². The van der Waals surface area contributed by atoms with Crippen LogP contribution < -0.4 is 16.4 Å². The van der Waals surface area contributed by atoms with Crippen LogP contribution >= 0.6 is 35.2 Å². The lowest BCUT2D eigenvalue weighted by molar-refractivity contribution is -0.226. The number of carboxylic acid groups (broad SMARTS) is 1. The van der Waals surface area contributed by atoms with Crippen LogP contribution in [0.3, 0.4) is 0 Å². The normalized spacial score (nSPS) is 28.3. The molecule has 2 amide bonds. The van der Waals surface area contributed by atoms with Gasteiger partial charge in [0.15, 0.2) is 17.7 Å². The van der Waals surface area contributed by atoms with Gasteiger partial charge >= 0.3 is 29.4 Å². The lowest BCUT2D eigenvalue weighted by Gasteiger charge is -2.70. The molecule has 3 aliphatic carbocycles. The van der Waals surface area contributed by atoms with Crippen molar-refractivity contribution in [1.29, 1.82) is 0 Å². The topological polar surface area (TPSA) is 401 Å². The molecule has 0 spiro atoms. The number of nitrogens with zero attached hydrogens (tertiary/aromatic N) is 4. The van der Waals surface area contributed by atoms with Crippen LogP contribution in [0.25, 0.3) is 11.2 Å². The average Bonchev–Trinajstić information content (AvgIpc) is 3.74. The summed E-state index contributed by atoms with van der Waals surface area (Å²) in [7, 11) is -16.5. The third-order valence-corrected chi connectivity index (χ3v) is 16.4. The zero-order valence-corrected chi connectivity index (χ0v) is 38.8. The van der Waals surface area contributed by atoms with Crippen molar-refractivity contribution >= 4 is 75.1 Å². The average molecular weight is 990 g/mol.